The molecule has 0 aliphatic carbocycles. The second-order valence-corrected chi connectivity index (χ2v) is 7.51. The lowest BCUT2D eigenvalue weighted by Crippen LogP contribution is -2.26. The van der Waals surface area contributed by atoms with Crippen LogP contribution in [0.1, 0.15) is 11.1 Å². The van der Waals surface area contributed by atoms with Crippen LogP contribution in [0.2, 0.25) is 0 Å². The molecule has 2 aromatic rings. The molecule has 0 radical (unpaired) electrons. The largest absolute Gasteiger partial charge is 0.378 e. The maximum atomic E-state index is 12.2. The molecule has 1 aliphatic rings. The zero-order chi connectivity index (χ0) is 20.1. The molecule has 2 aromatic carbocycles. The molecule has 1 fully saturated rings. The normalized spacial score (nSPS) is 17.9. The van der Waals surface area contributed by atoms with Gasteiger partial charge in [-0.3, -0.25) is 14.9 Å². The predicted molar refractivity (Wildman–Crippen MR) is 112 cm³/mol. The van der Waals surface area contributed by atoms with Crippen molar-refractivity contribution in [2.24, 2.45) is 10.2 Å². The van der Waals surface area contributed by atoms with E-state index in [0.717, 1.165) is 11.3 Å². The number of hydrogen-bond acceptors (Lipinski definition) is 7. The van der Waals surface area contributed by atoms with Crippen LogP contribution < -0.4 is 10.2 Å². The van der Waals surface area contributed by atoms with E-state index in [-0.39, 0.29) is 18.0 Å². The Labute approximate surface area is 166 Å². The van der Waals surface area contributed by atoms with Crippen molar-refractivity contribution in [1.82, 2.24) is 5.32 Å². The number of amidine groups is 1. The summed E-state index contributed by atoms with van der Waals surface area (Å²) in [5, 5.41) is 21.8. The lowest BCUT2D eigenvalue weighted by atomic mass is 10.1. The molecule has 1 amide bonds. The summed E-state index contributed by atoms with van der Waals surface area (Å²) in [5.74, 6) is -0.229. The van der Waals surface area contributed by atoms with Crippen molar-refractivity contribution in [3.8, 4) is 0 Å². The minimum Gasteiger partial charge on any atom is -0.378 e. The Kier molecular flexibility index (Phi) is 6.05. The van der Waals surface area contributed by atoms with Gasteiger partial charge < -0.3 is 10.2 Å². The monoisotopic (exact) mass is 397 g/mol. The Morgan fingerprint density at radius 2 is 1.93 bits per heavy atom. The van der Waals surface area contributed by atoms with Crippen LogP contribution in [-0.2, 0) is 11.2 Å². The zero-order valence-corrected chi connectivity index (χ0v) is 16.2. The minimum atomic E-state index is -0.477. The molecular formula is C19H19N5O3S. The molecule has 0 saturated carbocycles. The predicted octanol–water partition coefficient (Wildman–Crippen LogP) is 2.83. The number of nitrogens with one attached hydrogen (secondary N) is 1. The van der Waals surface area contributed by atoms with Gasteiger partial charge in [-0.25, -0.2) is 0 Å². The number of nitro groups is 1. The molecule has 1 heterocycles. The van der Waals surface area contributed by atoms with Gasteiger partial charge in [0.05, 0.1) is 16.4 Å². The maximum Gasteiger partial charge on any atom is 0.272 e. The molecule has 1 atom stereocenters. The van der Waals surface area contributed by atoms with Crippen molar-refractivity contribution in [2.45, 2.75) is 11.7 Å². The lowest BCUT2D eigenvalue weighted by Gasteiger charge is -2.11. The second kappa shape index (κ2) is 8.66. The molecule has 9 heteroatoms. The van der Waals surface area contributed by atoms with E-state index in [4.69, 9.17) is 0 Å². The van der Waals surface area contributed by atoms with Crippen molar-refractivity contribution in [3.63, 3.8) is 0 Å². The molecule has 28 heavy (non-hydrogen) atoms. The van der Waals surface area contributed by atoms with Gasteiger partial charge in [0, 0.05) is 37.8 Å². The Morgan fingerprint density at radius 3 is 2.61 bits per heavy atom. The van der Waals surface area contributed by atoms with Gasteiger partial charge in [0.25, 0.3) is 5.69 Å². The highest BCUT2D eigenvalue weighted by Crippen LogP contribution is 2.27. The van der Waals surface area contributed by atoms with Gasteiger partial charge >= 0.3 is 0 Å². The van der Waals surface area contributed by atoms with Crippen LogP contribution in [0.4, 0.5) is 11.4 Å². The third kappa shape index (κ3) is 4.74. The fourth-order valence-electron chi connectivity index (χ4n) is 2.65. The Hall–Kier alpha value is -3.20. The van der Waals surface area contributed by atoms with E-state index < -0.39 is 10.2 Å². The zero-order valence-electron chi connectivity index (χ0n) is 15.4. The number of carbonyl (C=O) groups excluding carboxylic acids is 1. The summed E-state index contributed by atoms with van der Waals surface area (Å²) < 4.78 is 0. The van der Waals surface area contributed by atoms with E-state index in [1.165, 1.54) is 17.8 Å². The van der Waals surface area contributed by atoms with E-state index in [1.807, 2.05) is 43.3 Å². The SMILES string of the molecule is CN(C)c1ccc(/C=N/N=C2NC(=O)C(Cc3ccccc3[N+](=O)[O-])S2)cc1. The smallest absolute Gasteiger partial charge is 0.272 e. The van der Waals surface area contributed by atoms with Crippen LogP contribution in [-0.4, -0.2) is 41.6 Å². The van der Waals surface area contributed by atoms with Crippen LogP contribution in [0.25, 0.3) is 0 Å². The average Bonchev–Trinajstić information content (AvgIpc) is 3.01. The maximum absolute atomic E-state index is 12.2. The average molecular weight is 397 g/mol. The van der Waals surface area contributed by atoms with Gasteiger partial charge in [-0.1, -0.05) is 42.1 Å². The van der Waals surface area contributed by atoms with Gasteiger partial charge in [-0.15, -0.1) is 5.10 Å². The molecule has 1 N–H and O–H groups in total. The van der Waals surface area contributed by atoms with E-state index in [2.05, 4.69) is 15.5 Å². The molecule has 0 aromatic heterocycles. The number of benzene rings is 2. The Balaban J connectivity index is 1.65. The number of hydrogen-bond donors (Lipinski definition) is 1. The number of para-hydroxylation sites is 1. The van der Waals surface area contributed by atoms with Crippen molar-refractivity contribution in [3.05, 3.63) is 69.8 Å². The molecule has 1 aliphatic heterocycles. The summed E-state index contributed by atoms with van der Waals surface area (Å²) in [6, 6.07) is 14.2. The second-order valence-electron chi connectivity index (χ2n) is 6.32. The summed E-state index contributed by atoms with van der Waals surface area (Å²) in [6.07, 6.45) is 1.86. The van der Waals surface area contributed by atoms with E-state index in [1.54, 1.807) is 24.4 Å². The fraction of sp³-hybridized carbons (Fsp3) is 0.211. The summed E-state index contributed by atoms with van der Waals surface area (Å²) >= 11 is 1.22. The van der Waals surface area contributed by atoms with Crippen LogP contribution in [0.3, 0.4) is 0 Å². The quantitative estimate of drug-likeness (QED) is 0.459. The van der Waals surface area contributed by atoms with E-state index >= 15 is 0 Å². The summed E-state index contributed by atoms with van der Waals surface area (Å²) in [7, 11) is 3.94. The first kappa shape index (κ1) is 19.6. The number of amides is 1. The summed E-state index contributed by atoms with van der Waals surface area (Å²) in [6.45, 7) is 0. The number of nitro benzene ring substituents is 1. The number of anilines is 1. The Morgan fingerprint density at radius 1 is 1.21 bits per heavy atom. The van der Waals surface area contributed by atoms with Gasteiger partial charge in [-0.05, 0) is 17.7 Å². The molecule has 144 valence electrons. The van der Waals surface area contributed by atoms with E-state index in [0.29, 0.717) is 10.7 Å². The summed E-state index contributed by atoms with van der Waals surface area (Å²) in [4.78, 5) is 24.9. The van der Waals surface area contributed by atoms with Gasteiger partial charge in [0.1, 0.15) is 0 Å². The molecule has 0 bridgehead atoms. The third-order valence-corrected chi connectivity index (χ3v) is 5.21. The number of rotatable bonds is 6. The lowest BCUT2D eigenvalue weighted by molar-refractivity contribution is -0.385. The molecular weight excluding hydrogens is 378 g/mol. The topological polar surface area (TPSA) is 100 Å². The van der Waals surface area contributed by atoms with Crippen molar-refractivity contribution >= 4 is 40.4 Å². The Bertz CT molecular complexity index is 941. The highest BCUT2D eigenvalue weighted by Gasteiger charge is 2.32. The van der Waals surface area contributed by atoms with Crippen molar-refractivity contribution in [2.75, 3.05) is 19.0 Å². The van der Waals surface area contributed by atoms with Crippen LogP contribution in [0, 0.1) is 10.1 Å². The van der Waals surface area contributed by atoms with Gasteiger partial charge in [0.15, 0.2) is 5.17 Å². The third-order valence-electron chi connectivity index (χ3n) is 4.13. The molecule has 0 spiro atoms. The van der Waals surface area contributed by atoms with Gasteiger partial charge in [0.2, 0.25) is 5.91 Å². The van der Waals surface area contributed by atoms with E-state index in [9.17, 15) is 14.9 Å². The first-order valence-corrected chi connectivity index (χ1v) is 9.40. The van der Waals surface area contributed by atoms with Crippen LogP contribution in [0.15, 0.2) is 58.7 Å². The number of carbonyl (C=O) groups is 1. The molecule has 1 unspecified atom stereocenters. The highest BCUT2D eigenvalue weighted by molar-refractivity contribution is 8.15. The molecule has 1 saturated heterocycles. The standard InChI is InChI=1S/C19H19N5O3S/c1-23(2)15-9-7-13(8-10-15)12-20-22-19-21-18(25)17(28-19)11-14-5-3-4-6-16(14)24(26)27/h3-10,12,17H,11H2,1-2H3,(H,21,22,25)/b20-12+. The highest BCUT2D eigenvalue weighted by atomic mass is 32.2. The first-order valence-electron chi connectivity index (χ1n) is 8.52. The number of thioether (sulfide) groups is 1. The summed E-state index contributed by atoms with van der Waals surface area (Å²) in [5.41, 5.74) is 2.51. The minimum absolute atomic E-state index is 0.0143. The number of nitrogens with zero attached hydrogens (tertiary/aromatic N) is 4. The van der Waals surface area contributed by atoms with Crippen LogP contribution >= 0.6 is 11.8 Å². The fourth-order valence-corrected chi connectivity index (χ4v) is 3.61. The van der Waals surface area contributed by atoms with Crippen LogP contribution in [0.5, 0.6) is 0 Å². The molecule has 3 rings (SSSR count). The van der Waals surface area contributed by atoms with Crippen molar-refractivity contribution in [1.29, 1.82) is 0 Å². The molecule has 8 nitrogen and oxygen atoms in total. The first-order chi connectivity index (χ1) is 13.4. The van der Waals surface area contributed by atoms with Gasteiger partial charge in [-0.2, -0.15) is 5.10 Å². The van der Waals surface area contributed by atoms with Crippen molar-refractivity contribution < 1.29 is 9.72 Å².